The average molecular weight is 403 g/mol. The van der Waals surface area contributed by atoms with E-state index in [1.807, 2.05) is 24.3 Å². The summed E-state index contributed by atoms with van der Waals surface area (Å²) >= 11 is 1.28. The molecule has 2 aromatic rings. The van der Waals surface area contributed by atoms with Gasteiger partial charge in [-0.15, -0.1) is 11.8 Å². The van der Waals surface area contributed by atoms with Crippen molar-refractivity contribution < 1.29 is 14.1 Å². The molecule has 1 fully saturated rings. The molecular formula is C20H26N4O3S. The molecule has 150 valence electrons. The molecule has 0 radical (unpaired) electrons. The summed E-state index contributed by atoms with van der Waals surface area (Å²) in [6.45, 7) is 5.55. The Morgan fingerprint density at radius 1 is 1.21 bits per heavy atom. The summed E-state index contributed by atoms with van der Waals surface area (Å²) in [5.41, 5.74) is 1.89. The topological polar surface area (TPSA) is 87.5 Å². The van der Waals surface area contributed by atoms with E-state index in [4.69, 9.17) is 4.52 Å². The number of rotatable bonds is 7. The number of nitrogens with zero attached hydrogens (tertiary/aromatic N) is 2. The van der Waals surface area contributed by atoms with Crippen molar-refractivity contribution in [2.24, 2.45) is 0 Å². The number of aryl methyl sites for hydroxylation is 1. The van der Waals surface area contributed by atoms with Crippen LogP contribution in [0.4, 0.5) is 17.2 Å². The second kappa shape index (κ2) is 9.64. The zero-order chi connectivity index (χ0) is 19.9. The van der Waals surface area contributed by atoms with Gasteiger partial charge in [0.05, 0.1) is 22.4 Å². The monoisotopic (exact) mass is 402 g/mol. The predicted octanol–water partition coefficient (Wildman–Crippen LogP) is 3.67. The van der Waals surface area contributed by atoms with Gasteiger partial charge in [-0.1, -0.05) is 17.3 Å². The minimum Gasteiger partial charge on any atom is -0.370 e. The smallest absolute Gasteiger partial charge is 0.238 e. The second-order valence-corrected chi connectivity index (χ2v) is 8.21. The number of nitrogens with one attached hydrogen (secondary N) is 2. The largest absolute Gasteiger partial charge is 0.370 e. The minimum absolute atomic E-state index is 0.119. The first-order valence-electron chi connectivity index (χ1n) is 9.52. The van der Waals surface area contributed by atoms with Crippen LogP contribution in [0.2, 0.25) is 0 Å². The highest BCUT2D eigenvalue weighted by atomic mass is 32.2. The molecule has 1 aliphatic heterocycles. The maximum absolute atomic E-state index is 12.4. The van der Waals surface area contributed by atoms with Crippen LogP contribution in [0.15, 0.2) is 34.9 Å². The molecule has 1 aliphatic rings. The van der Waals surface area contributed by atoms with Crippen molar-refractivity contribution in [3.8, 4) is 0 Å². The van der Waals surface area contributed by atoms with E-state index in [2.05, 4.69) is 20.7 Å². The fourth-order valence-electron chi connectivity index (χ4n) is 3.11. The van der Waals surface area contributed by atoms with Crippen LogP contribution in [0.1, 0.15) is 31.9 Å². The van der Waals surface area contributed by atoms with Crippen LogP contribution in [0.25, 0.3) is 0 Å². The van der Waals surface area contributed by atoms with Gasteiger partial charge in [-0.2, -0.15) is 0 Å². The molecule has 2 heterocycles. The van der Waals surface area contributed by atoms with E-state index >= 15 is 0 Å². The van der Waals surface area contributed by atoms with Crippen molar-refractivity contribution in [1.82, 2.24) is 5.16 Å². The van der Waals surface area contributed by atoms with Gasteiger partial charge >= 0.3 is 0 Å². The Bertz CT molecular complexity index is 817. The molecule has 0 saturated carbocycles. The summed E-state index contributed by atoms with van der Waals surface area (Å²) in [6.07, 6.45) is 3.61. The Morgan fingerprint density at radius 2 is 1.96 bits per heavy atom. The number of carbonyl (C=O) groups is 2. The Hall–Kier alpha value is -2.48. The summed E-state index contributed by atoms with van der Waals surface area (Å²) in [7, 11) is 0. The van der Waals surface area contributed by atoms with Crippen LogP contribution < -0.4 is 15.5 Å². The van der Waals surface area contributed by atoms with E-state index in [1.54, 1.807) is 19.9 Å². The highest BCUT2D eigenvalue weighted by molar-refractivity contribution is 8.01. The zero-order valence-corrected chi connectivity index (χ0v) is 17.1. The molecule has 2 N–H and O–H groups in total. The van der Waals surface area contributed by atoms with Gasteiger partial charge in [0.2, 0.25) is 11.8 Å². The third-order valence-corrected chi connectivity index (χ3v) is 5.73. The minimum atomic E-state index is -0.389. The second-order valence-electron chi connectivity index (χ2n) is 6.88. The van der Waals surface area contributed by atoms with E-state index in [1.165, 1.54) is 31.0 Å². The lowest BCUT2D eigenvalue weighted by Crippen LogP contribution is -2.30. The van der Waals surface area contributed by atoms with Crippen molar-refractivity contribution >= 4 is 40.8 Å². The zero-order valence-electron chi connectivity index (χ0n) is 16.2. The molecule has 1 saturated heterocycles. The van der Waals surface area contributed by atoms with Gasteiger partial charge in [-0.3, -0.25) is 9.59 Å². The standard InChI is InChI=1S/C20H26N4O3S/c1-14-12-18(23-27-14)22-20(26)15(2)28-13-19(25)21-16-8-4-5-9-17(16)24-10-6-3-7-11-24/h4-5,8-9,12,15H,3,6-7,10-11,13H2,1-2H3,(H,21,25)(H,22,23,26)/t15-/m0/s1. The summed E-state index contributed by atoms with van der Waals surface area (Å²) in [4.78, 5) is 26.9. The number of hydrogen-bond acceptors (Lipinski definition) is 6. The summed E-state index contributed by atoms with van der Waals surface area (Å²) in [5, 5.41) is 9.03. The Morgan fingerprint density at radius 3 is 2.68 bits per heavy atom. The summed E-state index contributed by atoms with van der Waals surface area (Å²) in [6, 6.07) is 9.54. The Kier molecular flexibility index (Phi) is 6.97. The molecule has 1 aromatic carbocycles. The molecular weight excluding hydrogens is 376 g/mol. The normalized spacial score (nSPS) is 15.1. The van der Waals surface area contributed by atoms with Crippen molar-refractivity contribution in [1.29, 1.82) is 0 Å². The van der Waals surface area contributed by atoms with Gasteiger partial charge < -0.3 is 20.1 Å². The molecule has 2 amide bonds. The summed E-state index contributed by atoms with van der Waals surface area (Å²) in [5.74, 6) is 0.879. The van der Waals surface area contributed by atoms with E-state index in [9.17, 15) is 9.59 Å². The van der Waals surface area contributed by atoms with Crippen LogP contribution in [-0.2, 0) is 9.59 Å². The lowest BCUT2D eigenvalue weighted by Gasteiger charge is -2.30. The van der Waals surface area contributed by atoms with E-state index < -0.39 is 0 Å². The highest BCUT2D eigenvalue weighted by Crippen LogP contribution is 2.28. The van der Waals surface area contributed by atoms with E-state index in [-0.39, 0.29) is 22.8 Å². The van der Waals surface area contributed by atoms with Gasteiger partial charge in [0, 0.05) is 19.2 Å². The number of benzene rings is 1. The van der Waals surface area contributed by atoms with E-state index in [0.717, 1.165) is 24.5 Å². The Balaban J connectivity index is 1.51. The molecule has 0 spiro atoms. The van der Waals surface area contributed by atoms with Crippen LogP contribution in [0.5, 0.6) is 0 Å². The van der Waals surface area contributed by atoms with Crippen molar-refractivity contribution in [2.45, 2.75) is 38.4 Å². The predicted molar refractivity (Wildman–Crippen MR) is 113 cm³/mol. The molecule has 0 aliphatic carbocycles. The number of carbonyl (C=O) groups excluding carboxylic acids is 2. The molecule has 28 heavy (non-hydrogen) atoms. The maximum Gasteiger partial charge on any atom is 0.238 e. The third-order valence-electron chi connectivity index (χ3n) is 4.59. The first-order valence-corrected chi connectivity index (χ1v) is 10.6. The Labute approximate surface area is 169 Å². The third kappa shape index (κ3) is 5.51. The number of piperidine rings is 1. The number of anilines is 3. The van der Waals surface area contributed by atoms with Gasteiger partial charge in [-0.05, 0) is 45.2 Å². The fourth-order valence-corrected chi connectivity index (χ4v) is 3.79. The highest BCUT2D eigenvalue weighted by Gasteiger charge is 2.18. The molecule has 1 aromatic heterocycles. The molecule has 0 unspecified atom stereocenters. The van der Waals surface area contributed by atoms with E-state index in [0.29, 0.717) is 11.6 Å². The molecule has 0 bridgehead atoms. The summed E-state index contributed by atoms with van der Waals surface area (Å²) < 4.78 is 4.93. The van der Waals surface area contributed by atoms with Gasteiger partial charge in [0.25, 0.3) is 0 Å². The van der Waals surface area contributed by atoms with Crippen LogP contribution >= 0.6 is 11.8 Å². The van der Waals surface area contributed by atoms with Crippen molar-refractivity contribution in [3.05, 3.63) is 36.1 Å². The van der Waals surface area contributed by atoms with Crippen LogP contribution in [0.3, 0.4) is 0 Å². The average Bonchev–Trinajstić information content (AvgIpc) is 3.11. The number of aromatic nitrogens is 1. The van der Waals surface area contributed by atoms with Crippen LogP contribution in [-0.4, -0.2) is 41.1 Å². The molecule has 1 atom stereocenters. The quantitative estimate of drug-likeness (QED) is 0.735. The number of amides is 2. The van der Waals surface area contributed by atoms with Gasteiger partial charge in [-0.25, -0.2) is 0 Å². The van der Waals surface area contributed by atoms with Gasteiger partial charge in [0.15, 0.2) is 5.82 Å². The van der Waals surface area contributed by atoms with Crippen LogP contribution in [0, 0.1) is 6.92 Å². The van der Waals surface area contributed by atoms with Gasteiger partial charge in [0.1, 0.15) is 5.76 Å². The first-order chi connectivity index (χ1) is 13.5. The number of thioether (sulfide) groups is 1. The lowest BCUT2D eigenvalue weighted by molar-refractivity contribution is -0.115. The number of para-hydroxylation sites is 2. The first kappa shape index (κ1) is 20.3. The molecule has 7 nitrogen and oxygen atoms in total. The SMILES string of the molecule is Cc1cc(NC(=O)[C@H](C)SCC(=O)Nc2ccccc2N2CCCCC2)no1. The number of hydrogen-bond donors (Lipinski definition) is 2. The molecule has 8 heteroatoms. The lowest BCUT2D eigenvalue weighted by atomic mass is 10.1. The molecule has 3 rings (SSSR count). The maximum atomic E-state index is 12.4. The van der Waals surface area contributed by atoms with Crippen molar-refractivity contribution in [2.75, 3.05) is 34.4 Å². The van der Waals surface area contributed by atoms with Crippen molar-refractivity contribution in [3.63, 3.8) is 0 Å². The fraction of sp³-hybridized carbons (Fsp3) is 0.450.